The largest absolute Gasteiger partial charge is 0.357 e. The number of carbonyl (C=O) groups is 1. The average Bonchev–Trinajstić information content (AvgIpc) is 3.11. The van der Waals surface area contributed by atoms with E-state index in [-0.39, 0.29) is 11.9 Å². The Hall–Kier alpha value is -2.59. The van der Waals surface area contributed by atoms with Crippen molar-refractivity contribution in [2.45, 2.75) is 44.3 Å². The predicted octanol–water partition coefficient (Wildman–Crippen LogP) is 4.00. The number of carbonyl (C=O) groups excluding carboxylic acids is 1. The number of amides is 1. The summed E-state index contributed by atoms with van der Waals surface area (Å²) in [7, 11) is 0. The molecule has 4 nitrogen and oxygen atoms in total. The fourth-order valence-electron chi connectivity index (χ4n) is 3.86. The Morgan fingerprint density at radius 2 is 1.69 bits per heavy atom. The highest BCUT2D eigenvalue weighted by Crippen LogP contribution is 2.20. The third kappa shape index (κ3) is 3.81. The van der Waals surface area contributed by atoms with Gasteiger partial charge in [-0.3, -0.25) is 4.79 Å². The zero-order chi connectivity index (χ0) is 17.8. The van der Waals surface area contributed by atoms with Gasteiger partial charge in [0.25, 0.3) is 5.91 Å². The fraction of sp³-hybridized carbons (Fsp3) is 0.318. The quantitative estimate of drug-likeness (QED) is 0.653. The number of aromatic nitrogens is 1. The van der Waals surface area contributed by atoms with Crippen molar-refractivity contribution in [3.8, 4) is 0 Å². The lowest BCUT2D eigenvalue weighted by atomic mass is 9.90. The van der Waals surface area contributed by atoms with Crippen molar-refractivity contribution in [2.24, 2.45) is 0 Å². The molecule has 1 aliphatic rings. The maximum Gasteiger partial charge on any atom is 0.251 e. The molecule has 1 heterocycles. The molecule has 4 rings (SSSR count). The van der Waals surface area contributed by atoms with Crippen LogP contribution in [0.4, 0.5) is 0 Å². The molecule has 1 amide bonds. The molecule has 1 saturated carbocycles. The van der Waals surface area contributed by atoms with E-state index in [1.807, 2.05) is 36.4 Å². The summed E-state index contributed by atoms with van der Waals surface area (Å²) in [6.07, 6.45) is 4.51. The van der Waals surface area contributed by atoms with Crippen molar-refractivity contribution >= 4 is 16.8 Å². The highest BCUT2D eigenvalue weighted by molar-refractivity contribution is 5.94. The minimum atomic E-state index is 0.0231. The lowest BCUT2D eigenvalue weighted by Gasteiger charge is -2.33. The first-order chi connectivity index (χ1) is 12.8. The van der Waals surface area contributed by atoms with Gasteiger partial charge in [0.15, 0.2) is 0 Å². The molecule has 3 N–H and O–H groups in total. The average molecular weight is 347 g/mol. The van der Waals surface area contributed by atoms with Crippen LogP contribution < -0.4 is 10.6 Å². The van der Waals surface area contributed by atoms with Gasteiger partial charge in [0, 0.05) is 35.4 Å². The van der Waals surface area contributed by atoms with E-state index in [4.69, 9.17) is 0 Å². The Balaban J connectivity index is 1.39. The van der Waals surface area contributed by atoms with E-state index in [0.717, 1.165) is 24.9 Å². The van der Waals surface area contributed by atoms with Gasteiger partial charge in [0.05, 0.1) is 0 Å². The summed E-state index contributed by atoms with van der Waals surface area (Å²) in [4.78, 5) is 16.0. The van der Waals surface area contributed by atoms with E-state index < -0.39 is 0 Å². The van der Waals surface area contributed by atoms with Crippen LogP contribution in [-0.2, 0) is 6.54 Å². The van der Waals surface area contributed by atoms with Crippen LogP contribution in [0.15, 0.2) is 60.7 Å². The van der Waals surface area contributed by atoms with Gasteiger partial charge in [-0.15, -0.1) is 0 Å². The van der Waals surface area contributed by atoms with Gasteiger partial charge in [-0.1, -0.05) is 49.2 Å². The topological polar surface area (TPSA) is 56.9 Å². The molecule has 134 valence electrons. The molecular weight excluding hydrogens is 322 g/mol. The Morgan fingerprint density at radius 3 is 2.50 bits per heavy atom. The Labute approximate surface area is 154 Å². The number of nitrogens with one attached hydrogen (secondary N) is 3. The molecule has 2 atom stereocenters. The second-order valence-electron chi connectivity index (χ2n) is 7.10. The summed E-state index contributed by atoms with van der Waals surface area (Å²) in [6, 6.07) is 20.5. The molecule has 0 radical (unpaired) electrons. The number of fused-ring (bicyclic) bond motifs is 1. The van der Waals surface area contributed by atoms with E-state index in [1.165, 1.54) is 29.4 Å². The molecule has 26 heavy (non-hydrogen) atoms. The Morgan fingerprint density at radius 1 is 0.962 bits per heavy atom. The standard InChI is InChI=1S/C22H25N3O/c26-22(16-8-2-1-3-9-16)25-21-13-7-6-12-20(21)23-15-18-14-17-10-4-5-11-19(17)24-18/h1-5,8-11,14,20-21,23-24H,6-7,12-13,15H2,(H,25,26)/t20-,21+/m0/s1. The van der Waals surface area contributed by atoms with Gasteiger partial charge in [-0.25, -0.2) is 0 Å². The van der Waals surface area contributed by atoms with Crippen molar-refractivity contribution in [3.05, 3.63) is 71.9 Å². The molecule has 0 saturated heterocycles. The van der Waals surface area contributed by atoms with Crippen molar-refractivity contribution in [1.29, 1.82) is 0 Å². The third-order valence-electron chi connectivity index (χ3n) is 5.26. The normalized spacial score (nSPS) is 20.2. The molecule has 2 aromatic carbocycles. The lowest BCUT2D eigenvalue weighted by Crippen LogP contribution is -2.51. The zero-order valence-electron chi connectivity index (χ0n) is 14.9. The highest BCUT2D eigenvalue weighted by Gasteiger charge is 2.26. The van der Waals surface area contributed by atoms with Gasteiger partial charge in [-0.05, 0) is 42.5 Å². The van der Waals surface area contributed by atoms with Gasteiger partial charge in [0.2, 0.25) is 0 Å². The Bertz CT molecular complexity index is 838. The summed E-state index contributed by atoms with van der Waals surface area (Å²) in [5.41, 5.74) is 3.08. The second kappa shape index (κ2) is 7.75. The van der Waals surface area contributed by atoms with Crippen LogP contribution in [0.25, 0.3) is 10.9 Å². The Kier molecular flexibility index (Phi) is 5.02. The number of hydrogen-bond donors (Lipinski definition) is 3. The monoisotopic (exact) mass is 347 g/mol. The molecule has 1 fully saturated rings. The molecular formula is C22H25N3O. The van der Waals surface area contributed by atoms with Gasteiger partial charge >= 0.3 is 0 Å². The summed E-state index contributed by atoms with van der Waals surface area (Å²) in [5.74, 6) is 0.0231. The van der Waals surface area contributed by atoms with Crippen LogP contribution >= 0.6 is 0 Å². The van der Waals surface area contributed by atoms with E-state index in [9.17, 15) is 4.79 Å². The number of hydrogen-bond acceptors (Lipinski definition) is 2. The van der Waals surface area contributed by atoms with Crippen molar-refractivity contribution < 1.29 is 4.79 Å². The van der Waals surface area contributed by atoms with Crippen LogP contribution in [0.1, 0.15) is 41.7 Å². The highest BCUT2D eigenvalue weighted by atomic mass is 16.1. The molecule has 0 spiro atoms. The number of H-pyrrole nitrogens is 1. The van der Waals surface area contributed by atoms with Gasteiger partial charge < -0.3 is 15.6 Å². The van der Waals surface area contributed by atoms with E-state index in [2.05, 4.69) is 39.9 Å². The van der Waals surface area contributed by atoms with Crippen LogP contribution in [0, 0.1) is 0 Å². The molecule has 3 aromatic rings. The first kappa shape index (κ1) is 16.9. The van der Waals surface area contributed by atoms with Crippen LogP contribution in [0.3, 0.4) is 0 Å². The SMILES string of the molecule is O=C(N[C@@H]1CCCC[C@@H]1NCc1cc2ccccc2[nH]1)c1ccccc1. The zero-order valence-corrected chi connectivity index (χ0v) is 14.9. The van der Waals surface area contributed by atoms with E-state index in [0.29, 0.717) is 6.04 Å². The van der Waals surface area contributed by atoms with E-state index >= 15 is 0 Å². The fourth-order valence-corrected chi connectivity index (χ4v) is 3.86. The van der Waals surface area contributed by atoms with Crippen LogP contribution in [-0.4, -0.2) is 23.0 Å². The smallest absolute Gasteiger partial charge is 0.251 e. The van der Waals surface area contributed by atoms with Crippen molar-refractivity contribution in [1.82, 2.24) is 15.6 Å². The lowest BCUT2D eigenvalue weighted by molar-refractivity contribution is 0.0915. The summed E-state index contributed by atoms with van der Waals surface area (Å²) in [5, 5.41) is 8.13. The maximum atomic E-state index is 12.5. The second-order valence-corrected chi connectivity index (χ2v) is 7.10. The van der Waals surface area contributed by atoms with Crippen LogP contribution in [0.2, 0.25) is 0 Å². The number of para-hydroxylation sites is 1. The molecule has 1 aliphatic carbocycles. The molecule has 0 bridgehead atoms. The summed E-state index contributed by atoms with van der Waals surface area (Å²) in [6.45, 7) is 0.789. The third-order valence-corrected chi connectivity index (χ3v) is 5.26. The van der Waals surface area contributed by atoms with E-state index in [1.54, 1.807) is 0 Å². The van der Waals surface area contributed by atoms with Gasteiger partial charge in [-0.2, -0.15) is 0 Å². The van der Waals surface area contributed by atoms with Crippen molar-refractivity contribution in [2.75, 3.05) is 0 Å². The minimum absolute atomic E-state index is 0.0231. The minimum Gasteiger partial charge on any atom is -0.357 e. The predicted molar refractivity (Wildman–Crippen MR) is 105 cm³/mol. The first-order valence-corrected chi connectivity index (χ1v) is 9.45. The van der Waals surface area contributed by atoms with Crippen LogP contribution in [0.5, 0.6) is 0 Å². The first-order valence-electron chi connectivity index (χ1n) is 9.45. The summed E-state index contributed by atoms with van der Waals surface area (Å²) < 4.78 is 0. The molecule has 1 aromatic heterocycles. The van der Waals surface area contributed by atoms with Gasteiger partial charge in [0.1, 0.15) is 0 Å². The molecule has 0 unspecified atom stereocenters. The molecule has 4 heteroatoms. The summed E-state index contributed by atoms with van der Waals surface area (Å²) >= 11 is 0. The number of rotatable bonds is 5. The number of benzene rings is 2. The molecule has 0 aliphatic heterocycles. The maximum absolute atomic E-state index is 12.5. The van der Waals surface area contributed by atoms with Crippen molar-refractivity contribution in [3.63, 3.8) is 0 Å². The number of aromatic amines is 1.